The van der Waals surface area contributed by atoms with Crippen LogP contribution in [0.4, 0.5) is 0 Å². The highest BCUT2D eigenvalue weighted by atomic mass is 16.3. The van der Waals surface area contributed by atoms with Crippen LogP contribution in [-0.2, 0) is 6.42 Å². The van der Waals surface area contributed by atoms with Gasteiger partial charge in [0.15, 0.2) is 6.29 Å². The second-order valence-corrected chi connectivity index (χ2v) is 4.41. The molecule has 0 aliphatic rings. The van der Waals surface area contributed by atoms with Crippen molar-refractivity contribution in [3.05, 3.63) is 47.5 Å². The molecule has 0 heterocycles. The first-order chi connectivity index (χ1) is 9.19. The van der Waals surface area contributed by atoms with Crippen LogP contribution in [-0.4, -0.2) is 16.5 Å². The van der Waals surface area contributed by atoms with Gasteiger partial charge in [-0.1, -0.05) is 37.6 Å². The van der Waals surface area contributed by atoms with Crippen molar-refractivity contribution in [1.29, 1.82) is 0 Å². The maximum atomic E-state index is 11.1. The summed E-state index contributed by atoms with van der Waals surface area (Å²) < 4.78 is 0. The minimum absolute atomic E-state index is 0.0520. The molecule has 2 rings (SSSR count). The standard InChI is InChI=1S/C16H16O3/c1-2-5-14-15(18)9-8-13(16(14)19)12-7-4-3-6-11(12)10-17/h3-4,6-10,18-19H,2,5H2,1H3. The van der Waals surface area contributed by atoms with Crippen molar-refractivity contribution < 1.29 is 15.0 Å². The van der Waals surface area contributed by atoms with E-state index in [-0.39, 0.29) is 11.5 Å². The van der Waals surface area contributed by atoms with Gasteiger partial charge in [-0.15, -0.1) is 0 Å². The van der Waals surface area contributed by atoms with Crippen molar-refractivity contribution in [2.75, 3.05) is 0 Å². The quantitative estimate of drug-likeness (QED) is 0.823. The molecule has 0 amide bonds. The van der Waals surface area contributed by atoms with Crippen LogP contribution in [0.2, 0.25) is 0 Å². The molecule has 19 heavy (non-hydrogen) atoms. The lowest BCUT2D eigenvalue weighted by atomic mass is 9.95. The smallest absolute Gasteiger partial charge is 0.150 e. The van der Waals surface area contributed by atoms with E-state index in [0.29, 0.717) is 28.7 Å². The summed E-state index contributed by atoms with van der Waals surface area (Å²) in [6.45, 7) is 1.98. The third-order valence-corrected chi connectivity index (χ3v) is 3.14. The summed E-state index contributed by atoms with van der Waals surface area (Å²) >= 11 is 0. The van der Waals surface area contributed by atoms with Crippen LogP contribution in [0.15, 0.2) is 36.4 Å². The van der Waals surface area contributed by atoms with Crippen LogP contribution >= 0.6 is 0 Å². The van der Waals surface area contributed by atoms with E-state index in [1.807, 2.05) is 13.0 Å². The zero-order chi connectivity index (χ0) is 13.8. The molecule has 0 bridgehead atoms. The number of phenolic OH excluding ortho intramolecular Hbond substituents is 2. The summed E-state index contributed by atoms with van der Waals surface area (Å²) in [6, 6.07) is 10.3. The summed E-state index contributed by atoms with van der Waals surface area (Å²) in [4.78, 5) is 11.1. The van der Waals surface area contributed by atoms with Crippen LogP contribution in [0, 0.1) is 0 Å². The zero-order valence-corrected chi connectivity index (χ0v) is 10.8. The SMILES string of the molecule is CCCc1c(O)ccc(-c2ccccc2C=O)c1O. The number of phenols is 2. The number of aldehydes is 1. The van der Waals surface area contributed by atoms with E-state index in [1.165, 1.54) is 0 Å². The van der Waals surface area contributed by atoms with Gasteiger partial charge in [0.25, 0.3) is 0 Å². The lowest BCUT2D eigenvalue weighted by Crippen LogP contribution is -1.92. The molecule has 0 aromatic heterocycles. The molecular formula is C16H16O3. The van der Waals surface area contributed by atoms with E-state index < -0.39 is 0 Å². The Labute approximate surface area is 112 Å². The van der Waals surface area contributed by atoms with Crippen molar-refractivity contribution in [2.24, 2.45) is 0 Å². The summed E-state index contributed by atoms with van der Waals surface area (Å²) in [5.74, 6) is 0.142. The van der Waals surface area contributed by atoms with Crippen LogP contribution in [0.1, 0.15) is 29.3 Å². The number of hydrogen-bond acceptors (Lipinski definition) is 3. The zero-order valence-electron chi connectivity index (χ0n) is 10.8. The molecule has 0 aliphatic carbocycles. The Balaban J connectivity index is 2.63. The largest absolute Gasteiger partial charge is 0.508 e. The van der Waals surface area contributed by atoms with Crippen molar-refractivity contribution >= 4 is 6.29 Å². The van der Waals surface area contributed by atoms with Crippen LogP contribution in [0.3, 0.4) is 0 Å². The summed E-state index contributed by atoms with van der Waals surface area (Å²) in [5, 5.41) is 20.1. The monoisotopic (exact) mass is 256 g/mol. The Morgan fingerprint density at radius 1 is 1.05 bits per heavy atom. The predicted octanol–water partition coefficient (Wildman–Crippen LogP) is 3.53. The normalized spacial score (nSPS) is 10.4. The predicted molar refractivity (Wildman–Crippen MR) is 74.6 cm³/mol. The highest BCUT2D eigenvalue weighted by Crippen LogP contribution is 2.38. The van der Waals surface area contributed by atoms with Gasteiger partial charge in [-0.2, -0.15) is 0 Å². The minimum Gasteiger partial charge on any atom is -0.508 e. The fourth-order valence-electron chi connectivity index (χ4n) is 2.18. The molecule has 98 valence electrons. The van der Waals surface area contributed by atoms with Crippen LogP contribution < -0.4 is 0 Å². The summed E-state index contributed by atoms with van der Waals surface area (Å²) in [6.07, 6.45) is 2.18. The van der Waals surface area contributed by atoms with Gasteiger partial charge in [-0.05, 0) is 24.1 Å². The maximum absolute atomic E-state index is 11.1. The first-order valence-electron chi connectivity index (χ1n) is 6.27. The molecule has 3 nitrogen and oxygen atoms in total. The summed E-state index contributed by atoms with van der Waals surface area (Å²) in [5.41, 5.74) is 2.29. The van der Waals surface area contributed by atoms with Gasteiger partial charge >= 0.3 is 0 Å². The number of aromatic hydroxyl groups is 2. The van der Waals surface area contributed by atoms with Crippen LogP contribution in [0.5, 0.6) is 11.5 Å². The topological polar surface area (TPSA) is 57.5 Å². The van der Waals surface area contributed by atoms with Gasteiger partial charge < -0.3 is 10.2 Å². The van der Waals surface area contributed by atoms with E-state index >= 15 is 0 Å². The van der Waals surface area contributed by atoms with E-state index in [2.05, 4.69) is 0 Å². The summed E-state index contributed by atoms with van der Waals surface area (Å²) in [7, 11) is 0. The van der Waals surface area contributed by atoms with Crippen molar-refractivity contribution in [3.63, 3.8) is 0 Å². The first kappa shape index (κ1) is 13.1. The Kier molecular flexibility index (Phi) is 3.85. The average Bonchev–Trinajstić information content (AvgIpc) is 2.43. The highest BCUT2D eigenvalue weighted by molar-refractivity contribution is 5.89. The molecule has 0 radical (unpaired) electrons. The minimum atomic E-state index is 0.0520. The molecule has 0 atom stereocenters. The molecule has 0 saturated carbocycles. The lowest BCUT2D eigenvalue weighted by molar-refractivity contribution is 0.112. The van der Waals surface area contributed by atoms with E-state index in [9.17, 15) is 15.0 Å². The molecule has 3 heteroatoms. The molecule has 0 aliphatic heterocycles. The number of hydrogen-bond donors (Lipinski definition) is 2. The fraction of sp³-hybridized carbons (Fsp3) is 0.188. The second-order valence-electron chi connectivity index (χ2n) is 4.41. The highest BCUT2D eigenvalue weighted by Gasteiger charge is 2.14. The third kappa shape index (κ3) is 2.45. The van der Waals surface area contributed by atoms with E-state index in [0.717, 1.165) is 12.7 Å². The van der Waals surface area contributed by atoms with Gasteiger partial charge in [-0.3, -0.25) is 4.79 Å². The van der Waals surface area contributed by atoms with E-state index in [1.54, 1.807) is 30.3 Å². The van der Waals surface area contributed by atoms with Gasteiger partial charge in [0.1, 0.15) is 11.5 Å². The molecule has 0 unspecified atom stereocenters. The van der Waals surface area contributed by atoms with Crippen molar-refractivity contribution in [3.8, 4) is 22.6 Å². The fourth-order valence-corrected chi connectivity index (χ4v) is 2.18. The Bertz CT molecular complexity index is 603. The van der Waals surface area contributed by atoms with E-state index in [4.69, 9.17) is 0 Å². The third-order valence-electron chi connectivity index (χ3n) is 3.14. The van der Waals surface area contributed by atoms with Crippen molar-refractivity contribution in [1.82, 2.24) is 0 Å². The second kappa shape index (κ2) is 5.57. The number of carbonyl (C=O) groups excluding carboxylic acids is 1. The number of benzene rings is 2. The average molecular weight is 256 g/mol. The van der Waals surface area contributed by atoms with Gasteiger partial charge in [0.05, 0.1) is 0 Å². The van der Waals surface area contributed by atoms with Crippen LogP contribution in [0.25, 0.3) is 11.1 Å². The lowest BCUT2D eigenvalue weighted by Gasteiger charge is -2.12. The van der Waals surface area contributed by atoms with Gasteiger partial charge in [-0.25, -0.2) is 0 Å². The molecular weight excluding hydrogens is 240 g/mol. The Morgan fingerprint density at radius 2 is 1.79 bits per heavy atom. The molecule has 0 saturated heterocycles. The Hall–Kier alpha value is -2.29. The maximum Gasteiger partial charge on any atom is 0.150 e. The molecule has 2 aromatic carbocycles. The molecule has 2 N–H and O–H groups in total. The van der Waals surface area contributed by atoms with Gasteiger partial charge in [0, 0.05) is 16.7 Å². The Morgan fingerprint density at radius 3 is 2.47 bits per heavy atom. The van der Waals surface area contributed by atoms with Gasteiger partial charge in [0.2, 0.25) is 0 Å². The van der Waals surface area contributed by atoms with Crippen molar-refractivity contribution in [2.45, 2.75) is 19.8 Å². The molecule has 2 aromatic rings. The molecule has 0 fully saturated rings. The number of carbonyl (C=O) groups is 1. The first-order valence-corrected chi connectivity index (χ1v) is 6.27. The number of rotatable bonds is 4. The molecule has 0 spiro atoms.